The van der Waals surface area contributed by atoms with Crippen LogP contribution in [0, 0.1) is 11.3 Å². The minimum atomic E-state index is -0.154. The lowest BCUT2D eigenvalue weighted by Crippen LogP contribution is -2.40. The number of carbonyl (C=O) groups is 2. The Hall–Kier alpha value is -1.10. The van der Waals surface area contributed by atoms with Crippen molar-refractivity contribution < 1.29 is 9.59 Å². The summed E-state index contributed by atoms with van der Waals surface area (Å²) in [5, 5.41) is 0. The third-order valence-electron chi connectivity index (χ3n) is 5.25. The van der Waals surface area contributed by atoms with Gasteiger partial charge in [0, 0.05) is 32.1 Å². The van der Waals surface area contributed by atoms with Gasteiger partial charge in [-0.15, -0.1) is 0 Å². The number of carbonyl (C=O) groups excluding carboxylic acids is 2. The Balaban J connectivity index is 1.98. The van der Waals surface area contributed by atoms with Crippen molar-refractivity contribution in [2.75, 3.05) is 26.2 Å². The number of rotatable bonds is 5. The van der Waals surface area contributed by atoms with E-state index in [-0.39, 0.29) is 29.2 Å². The second-order valence-corrected chi connectivity index (χ2v) is 6.94. The van der Waals surface area contributed by atoms with Gasteiger partial charge in [0.15, 0.2) is 0 Å². The average Bonchev–Trinajstić information content (AvgIpc) is 3.05. The molecule has 2 aliphatic rings. The third kappa shape index (κ3) is 3.23. The predicted octanol–water partition coefficient (Wildman–Crippen LogP) is 1.22. The van der Waals surface area contributed by atoms with Crippen LogP contribution >= 0.6 is 0 Å². The highest BCUT2D eigenvalue weighted by atomic mass is 16.2. The summed E-state index contributed by atoms with van der Waals surface area (Å²) in [5.41, 5.74) is 5.85. The molecule has 0 bridgehead atoms. The van der Waals surface area contributed by atoms with Crippen molar-refractivity contribution in [1.82, 2.24) is 9.80 Å². The van der Waals surface area contributed by atoms with E-state index in [1.165, 1.54) is 0 Å². The van der Waals surface area contributed by atoms with E-state index in [0.29, 0.717) is 19.5 Å². The summed E-state index contributed by atoms with van der Waals surface area (Å²) in [6, 6.07) is 0.281. The van der Waals surface area contributed by atoms with Gasteiger partial charge in [-0.05, 0) is 31.2 Å². The topological polar surface area (TPSA) is 66.6 Å². The van der Waals surface area contributed by atoms with Crippen LogP contribution in [0.2, 0.25) is 0 Å². The van der Waals surface area contributed by atoms with Gasteiger partial charge in [0.25, 0.3) is 0 Å². The van der Waals surface area contributed by atoms with Gasteiger partial charge in [-0.3, -0.25) is 9.59 Å². The first-order chi connectivity index (χ1) is 9.94. The molecule has 0 aliphatic carbocycles. The van der Waals surface area contributed by atoms with Crippen molar-refractivity contribution in [2.24, 2.45) is 17.1 Å². The summed E-state index contributed by atoms with van der Waals surface area (Å²) in [6.07, 6.45) is 3.26. The first kappa shape index (κ1) is 16.3. The van der Waals surface area contributed by atoms with E-state index in [0.717, 1.165) is 32.4 Å². The van der Waals surface area contributed by atoms with Crippen molar-refractivity contribution >= 4 is 11.8 Å². The van der Waals surface area contributed by atoms with E-state index in [4.69, 9.17) is 5.73 Å². The normalized spacial score (nSPS) is 29.8. The van der Waals surface area contributed by atoms with Gasteiger partial charge in [-0.25, -0.2) is 0 Å². The van der Waals surface area contributed by atoms with Gasteiger partial charge >= 0.3 is 0 Å². The van der Waals surface area contributed by atoms with Gasteiger partial charge in [0.2, 0.25) is 11.8 Å². The Morgan fingerprint density at radius 2 is 2.10 bits per heavy atom. The van der Waals surface area contributed by atoms with Gasteiger partial charge in [-0.2, -0.15) is 0 Å². The molecule has 5 heteroatoms. The van der Waals surface area contributed by atoms with Crippen LogP contribution in [0.25, 0.3) is 0 Å². The molecule has 2 heterocycles. The zero-order valence-corrected chi connectivity index (χ0v) is 13.6. The second-order valence-electron chi connectivity index (χ2n) is 6.94. The molecule has 120 valence electrons. The molecule has 5 nitrogen and oxygen atoms in total. The highest BCUT2D eigenvalue weighted by Gasteiger charge is 2.42. The Labute approximate surface area is 127 Å². The van der Waals surface area contributed by atoms with Crippen molar-refractivity contribution in [3.8, 4) is 0 Å². The number of likely N-dealkylation sites (tertiary alicyclic amines) is 2. The number of hydrogen-bond acceptors (Lipinski definition) is 3. The van der Waals surface area contributed by atoms with Crippen LogP contribution in [-0.2, 0) is 9.59 Å². The van der Waals surface area contributed by atoms with E-state index in [9.17, 15) is 9.59 Å². The fourth-order valence-corrected chi connectivity index (χ4v) is 3.62. The highest BCUT2D eigenvalue weighted by molar-refractivity contribution is 5.89. The average molecular weight is 295 g/mol. The molecule has 2 atom stereocenters. The standard InChI is InChI=1S/C16H29N3O2/c1-4-13(5-2)19-9-12(8-14(19)20)15(21)18-7-6-16(3,10-17)11-18/h12-13H,4-11,17H2,1-3H3. The molecular formula is C16H29N3O2. The van der Waals surface area contributed by atoms with E-state index in [2.05, 4.69) is 20.8 Å². The summed E-state index contributed by atoms with van der Waals surface area (Å²) < 4.78 is 0. The second kappa shape index (κ2) is 6.34. The predicted molar refractivity (Wildman–Crippen MR) is 82.5 cm³/mol. The zero-order chi connectivity index (χ0) is 15.6. The van der Waals surface area contributed by atoms with Gasteiger partial charge in [0.05, 0.1) is 5.92 Å². The molecule has 0 saturated carbocycles. The molecule has 2 amide bonds. The molecule has 0 spiro atoms. The Morgan fingerprint density at radius 3 is 2.62 bits per heavy atom. The van der Waals surface area contributed by atoms with Crippen LogP contribution in [-0.4, -0.2) is 53.8 Å². The minimum absolute atomic E-state index is 0.0489. The Kier molecular flexibility index (Phi) is 4.91. The maximum Gasteiger partial charge on any atom is 0.228 e. The summed E-state index contributed by atoms with van der Waals surface area (Å²) >= 11 is 0. The molecule has 2 unspecified atom stereocenters. The molecule has 2 aliphatic heterocycles. The van der Waals surface area contributed by atoms with Crippen LogP contribution < -0.4 is 5.73 Å². The molecule has 0 aromatic rings. The van der Waals surface area contributed by atoms with Crippen molar-refractivity contribution in [3.05, 3.63) is 0 Å². The summed E-state index contributed by atoms with van der Waals surface area (Å²) in [5.74, 6) is 0.134. The maximum absolute atomic E-state index is 12.6. The van der Waals surface area contributed by atoms with Crippen LogP contribution in [0.1, 0.15) is 46.5 Å². The molecule has 0 aromatic heterocycles. The molecular weight excluding hydrogens is 266 g/mol. The first-order valence-electron chi connectivity index (χ1n) is 8.22. The molecule has 2 N–H and O–H groups in total. The van der Waals surface area contributed by atoms with E-state index < -0.39 is 0 Å². The zero-order valence-electron chi connectivity index (χ0n) is 13.6. The minimum Gasteiger partial charge on any atom is -0.342 e. The highest BCUT2D eigenvalue weighted by Crippen LogP contribution is 2.31. The smallest absolute Gasteiger partial charge is 0.228 e. The van der Waals surface area contributed by atoms with Crippen LogP contribution in [0.15, 0.2) is 0 Å². The molecule has 2 rings (SSSR count). The molecule has 0 radical (unpaired) electrons. The fraction of sp³-hybridized carbons (Fsp3) is 0.875. The Bertz CT molecular complexity index is 408. The van der Waals surface area contributed by atoms with Crippen molar-refractivity contribution in [2.45, 2.75) is 52.5 Å². The summed E-state index contributed by atoms with van der Waals surface area (Å²) in [4.78, 5) is 28.7. The number of hydrogen-bond donors (Lipinski definition) is 1. The lowest BCUT2D eigenvalue weighted by Gasteiger charge is -2.27. The van der Waals surface area contributed by atoms with Crippen molar-refractivity contribution in [3.63, 3.8) is 0 Å². The summed E-state index contributed by atoms with van der Waals surface area (Å²) in [6.45, 7) is 9.06. The van der Waals surface area contributed by atoms with E-state index >= 15 is 0 Å². The number of nitrogens with zero attached hydrogens (tertiary/aromatic N) is 2. The van der Waals surface area contributed by atoms with E-state index in [1.54, 1.807) is 0 Å². The lowest BCUT2D eigenvalue weighted by molar-refractivity contribution is -0.135. The van der Waals surface area contributed by atoms with Gasteiger partial charge in [0.1, 0.15) is 0 Å². The van der Waals surface area contributed by atoms with Gasteiger partial charge < -0.3 is 15.5 Å². The third-order valence-corrected chi connectivity index (χ3v) is 5.25. The fourth-order valence-electron chi connectivity index (χ4n) is 3.62. The quantitative estimate of drug-likeness (QED) is 0.829. The summed E-state index contributed by atoms with van der Waals surface area (Å²) in [7, 11) is 0. The number of amides is 2. The lowest BCUT2D eigenvalue weighted by atomic mass is 9.90. The van der Waals surface area contributed by atoms with Gasteiger partial charge in [-0.1, -0.05) is 20.8 Å². The van der Waals surface area contributed by atoms with E-state index in [1.807, 2.05) is 9.80 Å². The number of nitrogens with two attached hydrogens (primary N) is 1. The molecule has 21 heavy (non-hydrogen) atoms. The molecule has 0 aromatic carbocycles. The van der Waals surface area contributed by atoms with Crippen LogP contribution in [0.4, 0.5) is 0 Å². The largest absolute Gasteiger partial charge is 0.342 e. The Morgan fingerprint density at radius 1 is 1.43 bits per heavy atom. The molecule has 2 fully saturated rings. The SMILES string of the molecule is CCC(CC)N1CC(C(=O)N2CCC(C)(CN)C2)CC1=O. The molecule has 2 saturated heterocycles. The van der Waals surface area contributed by atoms with Crippen LogP contribution in [0.3, 0.4) is 0 Å². The first-order valence-corrected chi connectivity index (χ1v) is 8.22. The maximum atomic E-state index is 12.6. The van der Waals surface area contributed by atoms with Crippen molar-refractivity contribution in [1.29, 1.82) is 0 Å². The monoisotopic (exact) mass is 295 g/mol. The van der Waals surface area contributed by atoms with Crippen LogP contribution in [0.5, 0.6) is 0 Å².